The minimum atomic E-state index is -0.645. The zero-order valence-electron chi connectivity index (χ0n) is 9.13. The summed E-state index contributed by atoms with van der Waals surface area (Å²) in [5, 5.41) is 10.2. The van der Waals surface area contributed by atoms with Gasteiger partial charge in [-0.2, -0.15) is 0 Å². The molecule has 3 heteroatoms. The SMILES string of the molecule is O[C@@H](c1ccc(Br)cc1F)C1CCCCC1. The number of benzene rings is 1. The summed E-state index contributed by atoms with van der Waals surface area (Å²) < 4.78 is 14.4. The largest absolute Gasteiger partial charge is 0.388 e. The number of halogens is 2. The Balaban J connectivity index is 2.15. The predicted molar refractivity (Wildman–Crippen MR) is 65.6 cm³/mol. The maximum absolute atomic E-state index is 13.7. The second-order valence-electron chi connectivity index (χ2n) is 4.51. The first-order valence-corrected chi connectivity index (χ1v) is 6.61. The fourth-order valence-corrected chi connectivity index (χ4v) is 2.78. The highest BCUT2D eigenvalue weighted by Gasteiger charge is 2.25. The first-order valence-electron chi connectivity index (χ1n) is 5.81. The summed E-state index contributed by atoms with van der Waals surface area (Å²) in [6.07, 6.45) is 4.92. The third kappa shape index (κ3) is 2.64. The summed E-state index contributed by atoms with van der Waals surface area (Å²) in [6.45, 7) is 0. The Morgan fingerprint density at radius 1 is 1.25 bits per heavy atom. The van der Waals surface area contributed by atoms with Crippen molar-refractivity contribution in [3.8, 4) is 0 Å². The molecular weight excluding hydrogens is 271 g/mol. The molecule has 0 unspecified atom stereocenters. The highest BCUT2D eigenvalue weighted by atomic mass is 79.9. The molecule has 0 radical (unpaired) electrons. The number of aliphatic hydroxyl groups is 1. The molecule has 1 fully saturated rings. The molecule has 2 rings (SSSR count). The van der Waals surface area contributed by atoms with Gasteiger partial charge in [0.2, 0.25) is 0 Å². The summed E-state index contributed by atoms with van der Waals surface area (Å²) >= 11 is 3.22. The Hall–Kier alpha value is -0.410. The number of rotatable bonds is 2. The summed E-state index contributed by atoms with van der Waals surface area (Å²) in [7, 11) is 0. The molecule has 1 aliphatic rings. The molecule has 1 aromatic carbocycles. The van der Waals surface area contributed by atoms with Crippen LogP contribution in [0.5, 0.6) is 0 Å². The van der Waals surface area contributed by atoms with E-state index in [4.69, 9.17) is 0 Å². The third-order valence-electron chi connectivity index (χ3n) is 3.38. The van der Waals surface area contributed by atoms with Gasteiger partial charge in [0, 0.05) is 10.0 Å². The minimum absolute atomic E-state index is 0.226. The van der Waals surface area contributed by atoms with Gasteiger partial charge in [-0.1, -0.05) is 41.3 Å². The van der Waals surface area contributed by atoms with Crippen LogP contribution in [0.15, 0.2) is 22.7 Å². The molecule has 1 atom stereocenters. The monoisotopic (exact) mass is 286 g/mol. The molecule has 0 spiro atoms. The lowest BCUT2D eigenvalue weighted by Crippen LogP contribution is -2.17. The molecule has 1 aromatic rings. The van der Waals surface area contributed by atoms with Gasteiger partial charge >= 0.3 is 0 Å². The van der Waals surface area contributed by atoms with Gasteiger partial charge in [-0.15, -0.1) is 0 Å². The zero-order valence-corrected chi connectivity index (χ0v) is 10.7. The zero-order chi connectivity index (χ0) is 11.5. The normalized spacial score (nSPS) is 19.7. The lowest BCUT2D eigenvalue weighted by molar-refractivity contribution is 0.0816. The van der Waals surface area contributed by atoms with Crippen molar-refractivity contribution in [2.45, 2.75) is 38.2 Å². The molecule has 0 saturated heterocycles. The molecule has 0 aromatic heterocycles. The van der Waals surface area contributed by atoms with Gasteiger partial charge in [0.05, 0.1) is 6.10 Å². The molecule has 0 bridgehead atoms. The highest BCUT2D eigenvalue weighted by molar-refractivity contribution is 9.10. The lowest BCUT2D eigenvalue weighted by Gasteiger charge is -2.27. The van der Waals surface area contributed by atoms with Crippen molar-refractivity contribution in [3.63, 3.8) is 0 Å². The van der Waals surface area contributed by atoms with Crippen LogP contribution >= 0.6 is 15.9 Å². The molecular formula is C13H16BrFO. The van der Waals surface area contributed by atoms with E-state index < -0.39 is 6.10 Å². The van der Waals surface area contributed by atoms with Crippen LogP contribution in [0.4, 0.5) is 4.39 Å². The van der Waals surface area contributed by atoms with E-state index in [1.807, 2.05) is 0 Å². The topological polar surface area (TPSA) is 20.2 Å². The first kappa shape index (κ1) is 12.1. The Morgan fingerprint density at radius 3 is 2.56 bits per heavy atom. The predicted octanol–water partition coefficient (Wildman–Crippen LogP) is 4.20. The smallest absolute Gasteiger partial charge is 0.130 e. The lowest BCUT2D eigenvalue weighted by atomic mass is 9.82. The van der Waals surface area contributed by atoms with E-state index in [0.717, 1.165) is 25.7 Å². The Morgan fingerprint density at radius 2 is 1.94 bits per heavy atom. The quantitative estimate of drug-likeness (QED) is 0.864. The van der Waals surface area contributed by atoms with Crippen molar-refractivity contribution in [1.29, 1.82) is 0 Å². The highest BCUT2D eigenvalue weighted by Crippen LogP contribution is 2.35. The number of hydrogen-bond donors (Lipinski definition) is 1. The van der Waals surface area contributed by atoms with Crippen molar-refractivity contribution in [1.82, 2.24) is 0 Å². The van der Waals surface area contributed by atoms with Crippen LogP contribution in [0.2, 0.25) is 0 Å². The van der Waals surface area contributed by atoms with Crippen LogP contribution in [0.3, 0.4) is 0 Å². The van der Waals surface area contributed by atoms with E-state index in [1.54, 1.807) is 12.1 Å². The summed E-state index contributed by atoms with van der Waals surface area (Å²) in [5.74, 6) is -0.0862. The molecule has 0 aliphatic heterocycles. The molecule has 1 aliphatic carbocycles. The van der Waals surface area contributed by atoms with Crippen molar-refractivity contribution in [2.24, 2.45) is 5.92 Å². The fraction of sp³-hybridized carbons (Fsp3) is 0.538. The summed E-state index contributed by atoms with van der Waals surface area (Å²) in [4.78, 5) is 0. The van der Waals surface area contributed by atoms with E-state index in [9.17, 15) is 9.50 Å². The van der Waals surface area contributed by atoms with Crippen LogP contribution in [0, 0.1) is 11.7 Å². The van der Waals surface area contributed by atoms with Crippen LogP contribution in [-0.2, 0) is 0 Å². The maximum Gasteiger partial charge on any atom is 0.130 e. The molecule has 0 amide bonds. The van der Waals surface area contributed by atoms with Crippen molar-refractivity contribution in [2.75, 3.05) is 0 Å². The standard InChI is InChI=1S/C13H16BrFO/c14-10-6-7-11(12(15)8-10)13(16)9-4-2-1-3-5-9/h6-9,13,16H,1-5H2/t13-/m1/s1. The molecule has 1 nitrogen and oxygen atoms in total. The van der Waals surface area contributed by atoms with Gasteiger partial charge in [-0.25, -0.2) is 4.39 Å². The van der Waals surface area contributed by atoms with E-state index in [1.165, 1.54) is 12.5 Å². The van der Waals surface area contributed by atoms with Crippen LogP contribution in [0.1, 0.15) is 43.8 Å². The second-order valence-corrected chi connectivity index (χ2v) is 5.42. The van der Waals surface area contributed by atoms with Gasteiger partial charge < -0.3 is 5.11 Å². The molecule has 88 valence electrons. The van der Waals surface area contributed by atoms with E-state index in [0.29, 0.717) is 10.0 Å². The van der Waals surface area contributed by atoms with E-state index >= 15 is 0 Å². The van der Waals surface area contributed by atoms with Crippen molar-refractivity contribution in [3.05, 3.63) is 34.1 Å². The van der Waals surface area contributed by atoms with Crippen molar-refractivity contribution >= 4 is 15.9 Å². The number of aliphatic hydroxyl groups excluding tert-OH is 1. The van der Waals surface area contributed by atoms with Gasteiger partial charge in [0.25, 0.3) is 0 Å². The third-order valence-corrected chi connectivity index (χ3v) is 3.87. The Kier molecular flexibility index (Phi) is 3.98. The van der Waals surface area contributed by atoms with Crippen LogP contribution in [0.25, 0.3) is 0 Å². The van der Waals surface area contributed by atoms with Gasteiger partial charge in [-0.3, -0.25) is 0 Å². The molecule has 0 heterocycles. The van der Waals surface area contributed by atoms with Crippen molar-refractivity contribution < 1.29 is 9.50 Å². The summed E-state index contributed by atoms with van der Waals surface area (Å²) in [6, 6.07) is 4.88. The molecule has 1 N–H and O–H groups in total. The van der Waals surface area contributed by atoms with Crippen LogP contribution in [-0.4, -0.2) is 5.11 Å². The van der Waals surface area contributed by atoms with Gasteiger partial charge in [0.1, 0.15) is 5.82 Å². The number of hydrogen-bond acceptors (Lipinski definition) is 1. The van der Waals surface area contributed by atoms with E-state index in [-0.39, 0.29) is 11.7 Å². The summed E-state index contributed by atoms with van der Waals surface area (Å²) in [5.41, 5.74) is 0.440. The van der Waals surface area contributed by atoms with Crippen LogP contribution < -0.4 is 0 Å². The Labute approximate surface area is 104 Å². The fourth-order valence-electron chi connectivity index (χ4n) is 2.45. The average molecular weight is 287 g/mol. The average Bonchev–Trinajstić information content (AvgIpc) is 2.29. The van der Waals surface area contributed by atoms with Gasteiger partial charge in [0.15, 0.2) is 0 Å². The molecule has 1 saturated carbocycles. The molecule has 16 heavy (non-hydrogen) atoms. The van der Waals surface area contributed by atoms with Gasteiger partial charge in [-0.05, 0) is 30.9 Å². The first-order chi connectivity index (χ1) is 7.68. The second kappa shape index (κ2) is 5.28. The minimum Gasteiger partial charge on any atom is -0.388 e. The maximum atomic E-state index is 13.7. The Bertz CT molecular complexity index is 361. The van der Waals surface area contributed by atoms with E-state index in [2.05, 4.69) is 15.9 Å².